The van der Waals surface area contributed by atoms with Gasteiger partial charge in [0.25, 0.3) is 0 Å². The highest BCUT2D eigenvalue weighted by molar-refractivity contribution is 8.04. The lowest BCUT2D eigenvalue weighted by Crippen LogP contribution is -1.92. The molecule has 1 unspecified atom stereocenters. The van der Waals surface area contributed by atoms with Gasteiger partial charge >= 0.3 is 0 Å². The number of thioether (sulfide) groups is 1. The van der Waals surface area contributed by atoms with Gasteiger partial charge in [-0.3, -0.25) is 0 Å². The fourth-order valence-electron chi connectivity index (χ4n) is 2.20. The van der Waals surface area contributed by atoms with Crippen molar-refractivity contribution in [2.75, 3.05) is 0 Å². The van der Waals surface area contributed by atoms with Crippen LogP contribution in [0.5, 0.6) is 0 Å². The lowest BCUT2D eigenvalue weighted by molar-refractivity contribution is 0.794. The van der Waals surface area contributed by atoms with E-state index in [0.29, 0.717) is 5.25 Å². The quantitative estimate of drug-likeness (QED) is 0.619. The van der Waals surface area contributed by atoms with E-state index in [1.807, 2.05) is 11.8 Å². The van der Waals surface area contributed by atoms with Crippen LogP contribution < -0.4 is 0 Å². The molecule has 0 aromatic carbocycles. The molecule has 1 radical (unpaired) electrons. The molecule has 0 spiro atoms. The molecule has 1 atom stereocenters. The first-order valence-corrected chi connectivity index (χ1v) is 7.43. The summed E-state index contributed by atoms with van der Waals surface area (Å²) in [4.78, 5) is 1.49. The van der Waals surface area contributed by atoms with Crippen molar-refractivity contribution in [1.82, 2.24) is 0 Å². The number of fused-ring (bicyclic) bond motifs is 1. The largest absolute Gasteiger partial charge is 0.117 e. The van der Waals surface area contributed by atoms with Crippen LogP contribution in [0.1, 0.15) is 52.4 Å². The van der Waals surface area contributed by atoms with Crippen molar-refractivity contribution in [3.63, 3.8) is 0 Å². The average molecular weight is 233 g/mol. The van der Waals surface area contributed by atoms with E-state index < -0.39 is 0 Å². The first-order valence-electron chi connectivity index (χ1n) is 6.56. The van der Waals surface area contributed by atoms with Gasteiger partial charge in [0, 0.05) is 0 Å². The molecule has 1 aliphatic heterocycles. The van der Waals surface area contributed by atoms with Gasteiger partial charge in [0.1, 0.15) is 0 Å². The van der Waals surface area contributed by atoms with Crippen LogP contribution in [0, 0.1) is 6.08 Å². The molecule has 0 nitrogen and oxygen atoms in total. The van der Waals surface area contributed by atoms with Crippen molar-refractivity contribution in [1.29, 1.82) is 0 Å². The van der Waals surface area contributed by atoms with Gasteiger partial charge in [-0.05, 0) is 47.8 Å². The van der Waals surface area contributed by atoms with Gasteiger partial charge < -0.3 is 0 Å². The normalized spacial score (nSPS) is 22.9. The minimum atomic E-state index is 0.610. The van der Waals surface area contributed by atoms with E-state index in [1.165, 1.54) is 49.0 Å². The maximum atomic E-state index is 3.64. The fraction of sp³-hybridized carbons (Fsp3) is 0.600. The van der Waals surface area contributed by atoms with Crippen molar-refractivity contribution < 1.29 is 0 Å². The third-order valence-corrected chi connectivity index (χ3v) is 4.44. The molecule has 87 valence electrons. The van der Waals surface area contributed by atoms with E-state index in [0.717, 1.165) is 0 Å². The fourth-order valence-corrected chi connectivity index (χ4v) is 3.42. The van der Waals surface area contributed by atoms with E-state index in [2.05, 4.69) is 32.1 Å². The molecule has 1 heterocycles. The maximum Gasteiger partial charge on any atom is 0.0533 e. The Morgan fingerprint density at radius 3 is 2.69 bits per heavy atom. The highest BCUT2D eigenvalue weighted by Crippen LogP contribution is 2.44. The molecule has 0 aromatic heterocycles. The molecule has 0 saturated carbocycles. The molecule has 0 fully saturated rings. The summed E-state index contributed by atoms with van der Waals surface area (Å²) in [5.74, 6) is 0. The third kappa shape index (κ3) is 2.63. The summed E-state index contributed by atoms with van der Waals surface area (Å²) in [6, 6.07) is 0. The minimum absolute atomic E-state index is 0.610. The van der Waals surface area contributed by atoms with Crippen LogP contribution in [0.25, 0.3) is 0 Å². The summed E-state index contributed by atoms with van der Waals surface area (Å²) < 4.78 is 0. The summed E-state index contributed by atoms with van der Waals surface area (Å²) in [5.41, 5.74) is 3.04. The van der Waals surface area contributed by atoms with Crippen molar-refractivity contribution in [3.8, 4) is 0 Å². The number of allylic oxidation sites excluding steroid dienone is 4. The Bertz CT molecular complexity index is 333. The van der Waals surface area contributed by atoms with Crippen LogP contribution in [0.3, 0.4) is 0 Å². The first kappa shape index (κ1) is 12.0. The Labute approximate surface area is 104 Å². The van der Waals surface area contributed by atoms with Gasteiger partial charge in [0.2, 0.25) is 0 Å². The van der Waals surface area contributed by atoms with Crippen LogP contribution in [-0.4, -0.2) is 5.25 Å². The van der Waals surface area contributed by atoms with Crippen molar-refractivity contribution in [2.24, 2.45) is 0 Å². The summed E-state index contributed by atoms with van der Waals surface area (Å²) in [6.45, 7) is 4.52. The lowest BCUT2D eigenvalue weighted by atomic mass is 10.0. The van der Waals surface area contributed by atoms with Crippen LogP contribution >= 0.6 is 11.8 Å². The van der Waals surface area contributed by atoms with E-state index >= 15 is 0 Å². The monoisotopic (exact) mass is 233 g/mol. The van der Waals surface area contributed by atoms with Crippen molar-refractivity contribution in [2.45, 2.75) is 57.6 Å². The molecule has 0 N–H and O–H groups in total. The predicted molar refractivity (Wildman–Crippen MR) is 73.4 cm³/mol. The summed E-state index contributed by atoms with van der Waals surface area (Å²) in [5, 5.41) is 0.610. The highest BCUT2D eigenvalue weighted by Gasteiger charge is 2.26. The summed E-state index contributed by atoms with van der Waals surface area (Å²) in [6.07, 6.45) is 16.0. The van der Waals surface area contributed by atoms with Crippen molar-refractivity contribution in [3.05, 3.63) is 34.3 Å². The van der Waals surface area contributed by atoms with Crippen LogP contribution in [0.15, 0.2) is 28.2 Å². The van der Waals surface area contributed by atoms with Gasteiger partial charge in [-0.2, -0.15) is 0 Å². The predicted octanol–water partition coefficient (Wildman–Crippen LogP) is 5.04. The molecule has 2 rings (SSSR count). The maximum absolute atomic E-state index is 3.64. The van der Waals surface area contributed by atoms with Crippen LogP contribution in [0.4, 0.5) is 0 Å². The van der Waals surface area contributed by atoms with Gasteiger partial charge in [-0.25, -0.2) is 0 Å². The molecule has 0 amide bonds. The molecule has 0 saturated heterocycles. The van der Waals surface area contributed by atoms with E-state index in [9.17, 15) is 0 Å². The molecule has 16 heavy (non-hydrogen) atoms. The van der Waals surface area contributed by atoms with E-state index in [-0.39, 0.29) is 0 Å². The summed E-state index contributed by atoms with van der Waals surface area (Å²) >= 11 is 2.02. The second kappa shape index (κ2) is 5.77. The van der Waals surface area contributed by atoms with E-state index in [4.69, 9.17) is 0 Å². The molecule has 1 heteroatoms. The Hall–Kier alpha value is -0.430. The zero-order valence-corrected chi connectivity index (χ0v) is 11.2. The molecule has 1 aliphatic carbocycles. The Morgan fingerprint density at radius 2 is 1.94 bits per heavy atom. The second-order valence-electron chi connectivity index (χ2n) is 4.59. The third-order valence-electron chi connectivity index (χ3n) is 3.20. The van der Waals surface area contributed by atoms with Crippen LogP contribution in [-0.2, 0) is 0 Å². The molecular weight excluding hydrogens is 212 g/mol. The lowest BCUT2D eigenvalue weighted by Gasteiger charge is -2.03. The van der Waals surface area contributed by atoms with Gasteiger partial charge in [-0.15, -0.1) is 11.8 Å². The zero-order chi connectivity index (χ0) is 11.4. The molecule has 2 aliphatic rings. The molecular formula is C15H21S. The Morgan fingerprint density at radius 1 is 1.19 bits per heavy atom. The molecule has 0 bridgehead atoms. The second-order valence-corrected chi connectivity index (χ2v) is 5.83. The number of hydrogen-bond donors (Lipinski definition) is 0. The Balaban J connectivity index is 2.00. The topological polar surface area (TPSA) is 0 Å². The first-order chi connectivity index (χ1) is 7.85. The van der Waals surface area contributed by atoms with Gasteiger partial charge in [0.05, 0.1) is 5.25 Å². The average Bonchev–Trinajstić information content (AvgIpc) is 2.83. The SMILES string of the molecule is CCCCC1=[C]C2=C(CCCC)C=CC2S1. The Kier molecular flexibility index (Phi) is 4.34. The van der Waals surface area contributed by atoms with Crippen LogP contribution in [0.2, 0.25) is 0 Å². The van der Waals surface area contributed by atoms with Crippen molar-refractivity contribution >= 4 is 11.8 Å². The highest BCUT2D eigenvalue weighted by atomic mass is 32.2. The smallest absolute Gasteiger partial charge is 0.0533 e. The van der Waals surface area contributed by atoms with Gasteiger partial charge in [0.15, 0.2) is 0 Å². The number of unbranched alkanes of at least 4 members (excludes halogenated alkanes) is 2. The number of hydrogen-bond acceptors (Lipinski definition) is 1. The van der Waals surface area contributed by atoms with Gasteiger partial charge in [-0.1, -0.05) is 38.8 Å². The minimum Gasteiger partial charge on any atom is -0.117 e. The van der Waals surface area contributed by atoms with E-state index in [1.54, 1.807) is 5.57 Å². The standard InChI is InChI=1S/C15H21S/c1-3-5-7-12-9-10-15-14(12)11-13(16-15)8-6-4-2/h9-10,15H,3-8H2,1-2H3. The molecule has 0 aromatic rings. The zero-order valence-electron chi connectivity index (χ0n) is 10.4. The number of rotatable bonds is 6. The summed E-state index contributed by atoms with van der Waals surface area (Å²) in [7, 11) is 0.